The number of rotatable bonds is 5. The Morgan fingerprint density at radius 2 is 1.90 bits per heavy atom. The Balaban J connectivity index is 1.93. The van der Waals surface area contributed by atoms with Crippen LogP contribution < -0.4 is 10.5 Å². The molecule has 5 heteroatoms. The van der Waals surface area contributed by atoms with Gasteiger partial charge in [-0.15, -0.1) is 0 Å². The van der Waals surface area contributed by atoms with Crippen molar-refractivity contribution in [1.82, 2.24) is 15.2 Å². The van der Waals surface area contributed by atoms with Crippen LogP contribution in [0.15, 0.2) is 24.3 Å². The lowest BCUT2D eigenvalue weighted by Crippen LogP contribution is -2.10. The molecular formula is C15H22N4O. The Hall–Kier alpha value is -1.88. The molecule has 0 spiro atoms. The van der Waals surface area contributed by atoms with Crippen LogP contribution in [0.5, 0.6) is 5.75 Å². The number of hydrogen-bond donors (Lipinski definition) is 2. The van der Waals surface area contributed by atoms with Crippen LogP contribution in [0.25, 0.3) is 0 Å². The first kappa shape index (κ1) is 14.5. The molecule has 0 bridgehead atoms. The Bertz CT molecular complexity index is 540. The number of ether oxygens (including phenoxy) is 1. The van der Waals surface area contributed by atoms with Crippen LogP contribution >= 0.6 is 0 Å². The van der Waals surface area contributed by atoms with E-state index < -0.39 is 0 Å². The molecule has 108 valence electrons. The molecule has 20 heavy (non-hydrogen) atoms. The minimum Gasteiger partial charge on any atom is -0.486 e. The lowest BCUT2D eigenvalue weighted by Gasteiger charge is -2.19. The summed E-state index contributed by atoms with van der Waals surface area (Å²) in [7, 11) is 0. The van der Waals surface area contributed by atoms with Gasteiger partial charge in [0.15, 0.2) is 11.6 Å². The molecule has 0 fully saturated rings. The number of hydrogen-bond acceptors (Lipinski definition) is 4. The van der Waals surface area contributed by atoms with Gasteiger partial charge in [0, 0.05) is 6.42 Å². The fraction of sp³-hybridized carbons (Fsp3) is 0.467. The number of nitrogens with zero attached hydrogens (tertiary/aromatic N) is 2. The fourth-order valence-corrected chi connectivity index (χ4v) is 1.84. The van der Waals surface area contributed by atoms with E-state index in [1.807, 2.05) is 12.1 Å². The predicted molar refractivity (Wildman–Crippen MR) is 78.6 cm³/mol. The second-order valence-electron chi connectivity index (χ2n) is 5.80. The third-order valence-corrected chi connectivity index (χ3v) is 3.04. The van der Waals surface area contributed by atoms with Crippen molar-refractivity contribution in [3.8, 4) is 5.75 Å². The van der Waals surface area contributed by atoms with Crippen molar-refractivity contribution < 1.29 is 4.74 Å². The van der Waals surface area contributed by atoms with Crippen molar-refractivity contribution in [2.75, 3.05) is 6.54 Å². The van der Waals surface area contributed by atoms with Crippen molar-refractivity contribution in [3.05, 3.63) is 41.5 Å². The molecule has 0 radical (unpaired) electrons. The summed E-state index contributed by atoms with van der Waals surface area (Å²) in [6, 6.07) is 8.15. The van der Waals surface area contributed by atoms with Gasteiger partial charge in [-0.2, -0.15) is 5.10 Å². The molecular weight excluding hydrogens is 252 g/mol. The highest BCUT2D eigenvalue weighted by Gasteiger charge is 2.13. The predicted octanol–water partition coefficient (Wildman–Crippen LogP) is 2.18. The highest BCUT2D eigenvalue weighted by atomic mass is 16.5. The lowest BCUT2D eigenvalue weighted by molar-refractivity contribution is 0.296. The Labute approximate surface area is 119 Å². The van der Waals surface area contributed by atoms with E-state index in [1.165, 1.54) is 5.56 Å². The molecule has 2 aromatic rings. The molecule has 1 aromatic heterocycles. The number of nitrogens with one attached hydrogen (secondary N) is 1. The molecule has 0 amide bonds. The average Bonchev–Trinajstić information content (AvgIpc) is 2.84. The number of nitrogens with two attached hydrogens (primary N) is 1. The Morgan fingerprint density at radius 3 is 2.50 bits per heavy atom. The zero-order valence-corrected chi connectivity index (χ0v) is 12.3. The van der Waals surface area contributed by atoms with Gasteiger partial charge in [0.05, 0.1) is 0 Å². The van der Waals surface area contributed by atoms with Crippen molar-refractivity contribution >= 4 is 0 Å². The van der Waals surface area contributed by atoms with E-state index in [4.69, 9.17) is 10.5 Å². The number of benzene rings is 1. The third kappa shape index (κ3) is 3.81. The zero-order valence-electron chi connectivity index (χ0n) is 12.3. The largest absolute Gasteiger partial charge is 0.486 e. The first-order valence-electron chi connectivity index (χ1n) is 6.82. The lowest BCUT2D eigenvalue weighted by atomic mass is 9.87. The smallest absolute Gasteiger partial charge is 0.162 e. The molecule has 0 aliphatic heterocycles. The van der Waals surface area contributed by atoms with Gasteiger partial charge in [0.1, 0.15) is 12.4 Å². The van der Waals surface area contributed by atoms with E-state index >= 15 is 0 Å². The SMILES string of the molecule is CC(C)(C)c1ccc(OCc2nc(CCN)n[nH]2)cc1. The fourth-order valence-electron chi connectivity index (χ4n) is 1.84. The summed E-state index contributed by atoms with van der Waals surface area (Å²) in [5.41, 5.74) is 6.90. The van der Waals surface area contributed by atoms with E-state index in [0.29, 0.717) is 25.4 Å². The van der Waals surface area contributed by atoms with Crippen molar-refractivity contribution in [3.63, 3.8) is 0 Å². The first-order chi connectivity index (χ1) is 9.49. The van der Waals surface area contributed by atoms with Crippen LogP contribution in [0.4, 0.5) is 0 Å². The maximum Gasteiger partial charge on any atom is 0.162 e. The van der Waals surface area contributed by atoms with Crippen LogP contribution in [-0.2, 0) is 18.4 Å². The van der Waals surface area contributed by atoms with E-state index in [0.717, 1.165) is 11.6 Å². The van der Waals surface area contributed by atoms with Crippen molar-refractivity contribution in [2.24, 2.45) is 5.73 Å². The second-order valence-corrected chi connectivity index (χ2v) is 5.80. The molecule has 0 aliphatic rings. The summed E-state index contributed by atoms with van der Waals surface area (Å²) in [5.74, 6) is 2.28. The van der Waals surface area contributed by atoms with Gasteiger partial charge in [-0.3, -0.25) is 5.10 Å². The third-order valence-electron chi connectivity index (χ3n) is 3.04. The van der Waals surface area contributed by atoms with Crippen LogP contribution in [-0.4, -0.2) is 21.7 Å². The van der Waals surface area contributed by atoms with Crippen molar-refractivity contribution in [2.45, 2.75) is 39.2 Å². The summed E-state index contributed by atoms with van der Waals surface area (Å²) >= 11 is 0. The van der Waals surface area contributed by atoms with Gasteiger partial charge < -0.3 is 10.5 Å². The quantitative estimate of drug-likeness (QED) is 0.876. The molecule has 0 atom stereocenters. The number of aromatic nitrogens is 3. The van der Waals surface area contributed by atoms with Gasteiger partial charge >= 0.3 is 0 Å². The summed E-state index contributed by atoms with van der Waals surface area (Å²) in [5, 5.41) is 6.92. The molecule has 1 aromatic carbocycles. The summed E-state index contributed by atoms with van der Waals surface area (Å²) in [6.45, 7) is 7.50. The molecule has 0 unspecified atom stereocenters. The summed E-state index contributed by atoms with van der Waals surface area (Å²) in [6.07, 6.45) is 0.677. The maximum atomic E-state index is 5.69. The second kappa shape index (κ2) is 6.05. The minimum absolute atomic E-state index is 0.153. The molecule has 0 saturated heterocycles. The van der Waals surface area contributed by atoms with Crippen LogP contribution in [0.1, 0.15) is 38.0 Å². The molecule has 5 nitrogen and oxygen atoms in total. The number of aromatic amines is 1. The first-order valence-corrected chi connectivity index (χ1v) is 6.82. The monoisotopic (exact) mass is 274 g/mol. The zero-order chi connectivity index (χ0) is 14.6. The molecule has 1 heterocycles. The Morgan fingerprint density at radius 1 is 1.20 bits per heavy atom. The molecule has 2 rings (SSSR count). The van der Waals surface area contributed by atoms with Gasteiger partial charge in [-0.25, -0.2) is 4.98 Å². The van der Waals surface area contributed by atoms with Gasteiger partial charge in [0.25, 0.3) is 0 Å². The summed E-state index contributed by atoms with van der Waals surface area (Å²) < 4.78 is 5.69. The number of H-pyrrole nitrogens is 1. The standard InChI is InChI=1S/C15H22N4O/c1-15(2,3)11-4-6-12(7-5-11)20-10-14-17-13(8-9-16)18-19-14/h4-7H,8-10,16H2,1-3H3,(H,17,18,19). The van der Waals surface area contributed by atoms with Gasteiger partial charge in [-0.05, 0) is 29.7 Å². The van der Waals surface area contributed by atoms with Crippen LogP contribution in [0.3, 0.4) is 0 Å². The van der Waals surface area contributed by atoms with E-state index in [1.54, 1.807) is 0 Å². The minimum atomic E-state index is 0.153. The van der Waals surface area contributed by atoms with Gasteiger partial charge in [0.2, 0.25) is 0 Å². The van der Waals surface area contributed by atoms with Crippen LogP contribution in [0.2, 0.25) is 0 Å². The normalized spacial score (nSPS) is 11.6. The van der Waals surface area contributed by atoms with E-state index in [-0.39, 0.29) is 5.41 Å². The highest BCUT2D eigenvalue weighted by Crippen LogP contribution is 2.24. The topological polar surface area (TPSA) is 76.8 Å². The molecule has 0 saturated carbocycles. The Kier molecular flexibility index (Phi) is 4.39. The summed E-state index contributed by atoms with van der Waals surface area (Å²) in [4.78, 5) is 4.30. The van der Waals surface area contributed by atoms with Crippen LogP contribution in [0, 0.1) is 0 Å². The molecule has 3 N–H and O–H groups in total. The maximum absolute atomic E-state index is 5.69. The molecule has 0 aliphatic carbocycles. The van der Waals surface area contributed by atoms with Crippen molar-refractivity contribution in [1.29, 1.82) is 0 Å². The van der Waals surface area contributed by atoms with E-state index in [2.05, 4.69) is 48.1 Å². The van der Waals surface area contributed by atoms with E-state index in [9.17, 15) is 0 Å². The van der Waals surface area contributed by atoms with Gasteiger partial charge in [-0.1, -0.05) is 32.9 Å². The average molecular weight is 274 g/mol. The highest BCUT2D eigenvalue weighted by molar-refractivity contribution is 5.31.